The molecule has 2 amide bonds. The number of carbonyl (C=O) groups is 3. The van der Waals surface area contributed by atoms with Crippen LogP contribution in [0.25, 0.3) is 11.1 Å². The summed E-state index contributed by atoms with van der Waals surface area (Å²) in [5.74, 6) is -2.58. The summed E-state index contributed by atoms with van der Waals surface area (Å²) >= 11 is 6.11. The Morgan fingerprint density at radius 2 is 1.87 bits per heavy atom. The van der Waals surface area contributed by atoms with Gasteiger partial charge in [-0.25, -0.2) is 18.4 Å². The Labute approximate surface area is 265 Å². The summed E-state index contributed by atoms with van der Waals surface area (Å²) in [5.41, 5.74) is 2.40. The van der Waals surface area contributed by atoms with E-state index < -0.39 is 35.7 Å². The predicted octanol–water partition coefficient (Wildman–Crippen LogP) is 7.05. The number of aromatic nitrogens is 1. The maximum Gasteiger partial charge on any atom is 0.411 e. The van der Waals surface area contributed by atoms with Crippen LogP contribution in [-0.4, -0.2) is 53.7 Å². The molecule has 5 rings (SSSR count). The number of ether oxygens (including phenoxy) is 2. The van der Waals surface area contributed by atoms with Crippen LogP contribution in [0.5, 0.6) is 0 Å². The Hall–Kier alpha value is -4.25. The molecule has 3 aromatic rings. The summed E-state index contributed by atoms with van der Waals surface area (Å²) in [6, 6.07) is 9.91. The standard InChI is InChI=1S/C33H35ClF2N4O5/c1-2-44-32(42)28-8-4-3-7-22(29-17-20(13-14-37-29)23-18-21(35)9-11-26(23)38-28)31(41)40-15-5-6-16-45-33(43)39-27-12-10-25(34)30(36)24(27)19-40/h9-14,17-18,22,28,38H,2-8,15-16,19H2,1H3,(H,39,43)/t22-,28-/m0/s1. The number of carbonyl (C=O) groups excluding carboxylic acids is 3. The number of pyridine rings is 1. The molecule has 238 valence electrons. The van der Waals surface area contributed by atoms with E-state index in [0.29, 0.717) is 61.0 Å². The van der Waals surface area contributed by atoms with Gasteiger partial charge in [-0.2, -0.15) is 0 Å². The lowest BCUT2D eigenvalue weighted by molar-refractivity contribution is -0.144. The number of esters is 1. The average molecular weight is 641 g/mol. The van der Waals surface area contributed by atoms with Crippen LogP contribution in [0.15, 0.2) is 48.7 Å². The minimum Gasteiger partial charge on any atom is -0.464 e. The molecule has 2 aromatic carbocycles. The third kappa shape index (κ3) is 7.70. The number of rotatable bonds is 3. The Kier molecular flexibility index (Phi) is 10.5. The van der Waals surface area contributed by atoms with Crippen molar-refractivity contribution in [2.75, 3.05) is 30.4 Å². The highest BCUT2D eigenvalue weighted by molar-refractivity contribution is 6.31. The number of anilines is 2. The summed E-state index contributed by atoms with van der Waals surface area (Å²) in [6.45, 7) is 2.23. The summed E-state index contributed by atoms with van der Waals surface area (Å²) in [5, 5.41) is 5.68. The van der Waals surface area contributed by atoms with Crippen molar-refractivity contribution in [3.8, 4) is 11.1 Å². The lowest BCUT2D eigenvalue weighted by Gasteiger charge is -2.29. The normalized spacial score (nSPS) is 19.1. The number of amides is 2. The van der Waals surface area contributed by atoms with Gasteiger partial charge < -0.3 is 19.7 Å². The van der Waals surface area contributed by atoms with Crippen molar-refractivity contribution in [3.63, 3.8) is 0 Å². The van der Waals surface area contributed by atoms with Crippen LogP contribution in [0, 0.1) is 11.6 Å². The van der Waals surface area contributed by atoms with Crippen molar-refractivity contribution in [1.29, 1.82) is 0 Å². The van der Waals surface area contributed by atoms with Crippen molar-refractivity contribution in [2.24, 2.45) is 0 Å². The predicted molar refractivity (Wildman–Crippen MR) is 166 cm³/mol. The van der Waals surface area contributed by atoms with Gasteiger partial charge in [0.2, 0.25) is 5.91 Å². The SMILES string of the molecule is CCOC(=O)[C@@H]1CCCC[C@H](C(=O)N2CCCCOC(=O)Nc3ccc(Cl)c(F)c3C2)c2cc(ccn2)-c2cc(F)ccc2N1. The maximum absolute atomic E-state index is 15.4. The third-order valence-electron chi connectivity index (χ3n) is 8.01. The first-order valence-corrected chi connectivity index (χ1v) is 15.5. The van der Waals surface area contributed by atoms with Gasteiger partial charge in [0.25, 0.3) is 0 Å². The van der Waals surface area contributed by atoms with Crippen LogP contribution >= 0.6 is 11.6 Å². The maximum atomic E-state index is 15.4. The van der Waals surface area contributed by atoms with Gasteiger partial charge in [0.15, 0.2) is 0 Å². The minimum atomic E-state index is -0.735. The molecule has 0 saturated heterocycles. The molecule has 0 spiro atoms. The van der Waals surface area contributed by atoms with Crippen LogP contribution in [0.4, 0.5) is 25.0 Å². The average Bonchev–Trinajstić information content (AvgIpc) is 3.06. The van der Waals surface area contributed by atoms with E-state index in [-0.39, 0.29) is 48.5 Å². The second-order valence-corrected chi connectivity index (χ2v) is 11.5. The fourth-order valence-electron chi connectivity index (χ4n) is 5.72. The monoisotopic (exact) mass is 640 g/mol. The summed E-state index contributed by atoms with van der Waals surface area (Å²) in [7, 11) is 0. The van der Waals surface area contributed by atoms with Gasteiger partial charge in [0.05, 0.1) is 42.1 Å². The molecule has 45 heavy (non-hydrogen) atoms. The van der Waals surface area contributed by atoms with Crippen LogP contribution in [0.3, 0.4) is 0 Å². The molecule has 2 aliphatic heterocycles. The van der Waals surface area contributed by atoms with Crippen LogP contribution < -0.4 is 10.6 Å². The Morgan fingerprint density at radius 1 is 1.07 bits per heavy atom. The molecule has 9 nitrogen and oxygen atoms in total. The first kappa shape index (κ1) is 32.2. The molecule has 2 N–H and O–H groups in total. The Morgan fingerprint density at radius 3 is 2.69 bits per heavy atom. The number of halogens is 3. The summed E-state index contributed by atoms with van der Waals surface area (Å²) in [4.78, 5) is 45.7. The number of fused-ring (bicyclic) bond motifs is 5. The van der Waals surface area contributed by atoms with E-state index in [2.05, 4.69) is 15.6 Å². The highest BCUT2D eigenvalue weighted by atomic mass is 35.5. The van der Waals surface area contributed by atoms with E-state index in [9.17, 15) is 18.8 Å². The molecule has 3 heterocycles. The van der Waals surface area contributed by atoms with Crippen LogP contribution in [0.1, 0.15) is 62.6 Å². The van der Waals surface area contributed by atoms with Crippen LogP contribution in [0.2, 0.25) is 5.02 Å². The molecule has 0 radical (unpaired) electrons. The van der Waals surface area contributed by atoms with Crippen LogP contribution in [-0.2, 0) is 25.6 Å². The van der Waals surface area contributed by atoms with Gasteiger partial charge in [-0.05, 0) is 80.6 Å². The minimum absolute atomic E-state index is 0.0670. The summed E-state index contributed by atoms with van der Waals surface area (Å²) < 4.78 is 40.5. The van der Waals surface area contributed by atoms with E-state index in [1.165, 1.54) is 24.3 Å². The molecule has 2 bridgehead atoms. The molecule has 0 aliphatic carbocycles. The van der Waals surface area contributed by atoms with Crippen molar-refractivity contribution in [2.45, 2.75) is 64.0 Å². The van der Waals surface area contributed by atoms with Gasteiger partial charge in [0.1, 0.15) is 17.7 Å². The topological polar surface area (TPSA) is 110 Å². The van der Waals surface area contributed by atoms with Gasteiger partial charge >= 0.3 is 12.1 Å². The fraction of sp³-hybridized carbons (Fsp3) is 0.394. The van der Waals surface area contributed by atoms with E-state index in [0.717, 1.165) is 0 Å². The number of nitrogens with one attached hydrogen (secondary N) is 2. The van der Waals surface area contributed by atoms with E-state index in [4.69, 9.17) is 21.1 Å². The molecule has 0 unspecified atom stereocenters. The first-order chi connectivity index (χ1) is 21.7. The van der Waals surface area contributed by atoms with Crippen molar-refractivity contribution in [1.82, 2.24) is 9.88 Å². The number of cyclic esters (lactones) is 1. The van der Waals surface area contributed by atoms with E-state index in [1.54, 1.807) is 36.2 Å². The lowest BCUT2D eigenvalue weighted by Crippen LogP contribution is -2.36. The van der Waals surface area contributed by atoms with Crippen molar-refractivity contribution >= 4 is 40.9 Å². The quantitative estimate of drug-likeness (QED) is 0.295. The molecular formula is C33H35ClF2N4O5. The zero-order valence-electron chi connectivity index (χ0n) is 24.9. The van der Waals surface area contributed by atoms with Gasteiger partial charge in [0, 0.05) is 29.6 Å². The van der Waals surface area contributed by atoms with E-state index in [1.807, 2.05) is 0 Å². The molecule has 2 aliphatic rings. The highest BCUT2D eigenvalue weighted by Crippen LogP contribution is 2.35. The molecule has 0 saturated carbocycles. The molecule has 12 heteroatoms. The first-order valence-electron chi connectivity index (χ1n) is 15.1. The van der Waals surface area contributed by atoms with E-state index >= 15 is 4.39 Å². The number of benzene rings is 2. The lowest BCUT2D eigenvalue weighted by atomic mass is 9.91. The smallest absolute Gasteiger partial charge is 0.411 e. The second kappa shape index (κ2) is 14.7. The van der Waals surface area contributed by atoms with Gasteiger partial charge in [-0.3, -0.25) is 15.1 Å². The second-order valence-electron chi connectivity index (χ2n) is 11.1. The van der Waals surface area contributed by atoms with Crippen molar-refractivity contribution in [3.05, 3.63) is 76.6 Å². The largest absolute Gasteiger partial charge is 0.464 e. The highest BCUT2D eigenvalue weighted by Gasteiger charge is 2.31. The Bertz CT molecular complexity index is 1570. The number of hydrogen-bond donors (Lipinski definition) is 2. The molecule has 0 fully saturated rings. The zero-order valence-corrected chi connectivity index (χ0v) is 25.7. The van der Waals surface area contributed by atoms with Gasteiger partial charge in [-0.1, -0.05) is 24.4 Å². The molecular weight excluding hydrogens is 606 g/mol. The molecule has 1 aromatic heterocycles. The third-order valence-corrected chi connectivity index (χ3v) is 8.31. The number of nitrogens with zero attached hydrogens (tertiary/aromatic N) is 2. The number of hydrogen-bond acceptors (Lipinski definition) is 7. The van der Waals surface area contributed by atoms with Crippen molar-refractivity contribution < 1.29 is 32.6 Å². The fourth-order valence-corrected chi connectivity index (χ4v) is 5.90. The zero-order chi connectivity index (χ0) is 31.9. The Balaban J connectivity index is 1.54. The van der Waals surface area contributed by atoms with Gasteiger partial charge in [-0.15, -0.1) is 0 Å². The summed E-state index contributed by atoms with van der Waals surface area (Å²) in [6.07, 6.45) is 3.88. The molecule has 2 atom stereocenters.